The van der Waals surface area contributed by atoms with E-state index >= 15 is 0 Å². The average molecular weight is 396 g/mol. The number of Topliss-reactive ketones (excluding diaryl/α,β-unsaturated/α-hetero) is 1. The number of aromatic hydroxyl groups is 2. The normalized spacial score (nSPS) is 12.3. The van der Waals surface area contributed by atoms with Gasteiger partial charge in [0.15, 0.2) is 5.78 Å². The van der Waals surface area contributed by atoms with Crippen molar-refractivity contribution in [2.45, 2.75) is 32.6 Å². The SMILES string of the molecule is CCC(=O)CCc1c(CC(=O)OC)cc2c(c1O)C(=O)c1c(O)cccc1C2=O. The summed E-state index contributed by atoms with van der Waals surface area (Å²) < 4.78 is 4.69. The summed E-state index contributed by atoms with van der Waals surface area (Å²) in [4.78, 5) is 49.6. The number of carbonyl (C=O) groups excluding carboxylic acids is 4. The number of phenols is 2. The van der Waals surface area contributed by atoms with Gasteiger partial charge < -0.3 is 14.9 Å². The molecule has 0 amide bonds. The molecule has 2 aromatic carbocycles. The van der Waals surface area contributed by atoms with Crippen molar-refractivity contribution in [1.82, 2.24) is 0 Å². The first-order valence-corrected chi connectivity index (χ1v) is 9.17. The van der Waals surface area contributed by atoms with Crippen LogP contribution < -0.4 is 0 Å². The topological polar surface area (TPSA) is 118 Å². The number of esters is 1. The van der Waals surface area contributed by atoms with Crippen LogP contribution in [0.3, 0.4) is 0 Å². The fourth-order valence-electron chi connectivity index (χ4n) is 3.52. The van der Waals surface area contributed by atoms with Crippen molar-refractivity contribution in [2.75, 3.05) is 7.11 Å². The van der Waals surface area contributed by atoms with E-state index in [1.54, 1.807) is 6.92 Å². The fourth-order valence-corrected chi connectivity index (χ4v) is 3.52. The molecule has 0 aliphatic heterocycles. The van der Waals surface area contributed by atoms with E-state index in [2.05, 4.69) is 4.74 Å². The Hall–Kier alpha value is -3.48. The first-order valence-electron chi connectivity index (χ1n) is 9.17. The molecule has 0 atom stereocenters. The Morgan fingerprint density at radius 3 is 2.41 bits per heavy atom. The van der Waals surface area contributed by atoms with Gasteiger partial charge in [0.1, 0.15) is 17.3 Å². The molecular weight excluding hydrogens is 376 g/mol. The van der Waals surface area contributed by atoms with E-state index in [1.165, 1.54) is 31.4 Å². The largest absolute Gasteiger partial charge is 0.507 e. The smallest absolute Gasteiger partial charge is 0.309 e. The van der Waals surface area contributed by atoms with Gasteiger partial charge in [0.2, 0.25) is 5.78 Å². The number of hydrogen-bond acceptors (Lipinski definition) is 7. The summed E-state index contributed by atoms with van der Waals surface area (Å²) in [5.74, 6) is -2.65. The van der Waals surface area contributed by atoms with E-state index in [1.807, 2.05) is 0 Å². The van der Waals surface area contributed by atoms with Crippen LogP contribution in [0.15, 0.2) is 24.3 Å². The standard InChI is InChI=1S/C22H20O7/c1-3-12(23)7-8-13-11(10-17(25)29-2)9-15-19(21(13)27)22(28)18-14(20(15)26)5-4-6-16(18)24/h4-6,9,24,27H,3,7-8,10H2,1-2H3. The molecule has 29 heavy (non-hydrogen) atoms. The van der Waals surface area contributed by atoms with Crippen molar-refractivity contribution in [3.8, 4) is 11.5 Å². The van der Waals surface area contributed by atoms with Crippen LogP contribution in [-0.2, 0) is 27.2 Å². The summed E-state index contributed by atoms with van der Waals surface area (Å²) in [7, 11) is 1.22. The summed E-state index contributed by atoms with van der Waals surface area (Å²) in [6, 6.07) is 5.55. The number of benzene rings is 2. The molecule has 0 aromatic heterocycles. The molecule has 0 radical (unpaired) electrons. The third kappa shape index (κ3) is 3.51. The maximum Gasteiger partial charge on any atom is 0.309 e. The number of phenolic OH excluding ortho intramolecular Hbond substituents is 2. The Morgan fingerprint density at radius 2 is 1.76 bits per heavy atom. The fraction of sp³-hybridized carbons (Fsp3) is 0.273. The van der Waals surface area contributed by atoms with Crippen LogP contribution in [0.4, 0.5) is 0 Å². The first-order chi connectivity index (χ1) is 13.8. The van der Waals surface area contributed by atoms with Crippen molar-refractivity contribution < 1.29 is 34.1 Å². The Morgan fingerprint density at radius 1 is 1.03 bits per heavy atom. The third-order valence-electron chi connectivity index (χ3n) is 5.09. The molecule has 0 saturated carbocycles. The summed E-state index contributed by atoms with van der Waals surface area (Å²) in [6.07, 6.45) is 0.312. The number of hydrogen-bond donors (Lipinski definition) is 2. The lowest BCUT2D eigenvalue weighted by molar-refractivity contribution is -0.139. The van der Waals surface area contributed by atoms with Crippen molar-refractivity contribution >= 4 is 23.3 Å². The highest BCUT2D eigenvalue weighted by atomic mass is 16.5. The number of ketones is 3. The quantitative estimate of drug-likeness (QED) is 0.615. The second-order valence-corrected chi connectivity index (χ2v) is 6.79. The Bertz CT molecular complexity index is 1050. The molecule has 7 nitrogen and oxygen atoms in total. The molecule has 150 valence electrons. The number of methoxy groups -OCH3 is 1. The van der Waals surface area contributed by atoms with Gasteiger partial charge in [-0.15, -0.1) is 0 Å². The summed E-state index contributed by atoms with van der Waals surface area (Å²) in [5, 5.41) is 21.0. The Labute approximate surface area is 166 Å². The predicted octanol–water partition coefficient (Wildman–Crippen LogP) is 2.50. The monoisotopic (exact) mass is 396 g/mol. The van der Waals surface area contributed by atoms with Crippen molar-refractivity contribution in [2.24, 2.45) is 0 Å². The van der Waals surface area contributed by atoms with Gasteiger partial charge in [-0.3, -0.25) is 19.2 Å². The van der Waals surface area contributed by atoms with Gasteiger partial charge in [-0.1, -0.05) is 19.1 Å². The lowest BCUT2D eigenvalue weighted by atomic mass is 9.80. The maximum atomic E-state index is 13.0. The average Bonchev–Trinajstić information content (AvgIpc) is 2.70. The van der Waals surface area contributed by atoms with Crippen LogP contribution in [-0.4, -0.2) is 40.6 Å². The highest BCUT2D eigenvalue weighted by Gasteiger charge is 2.36. The molecule has 0 bridgehead atoms. The van der Waals surface area contributed by atoms with Gasteiger partial charge in [0.05, 0.1) is 24.7 Å². The molecule has 0 heterocycles. The van der Waals surface area contributed by atoms with E-state index in [-0.39, 0.29) is 58.6 Å². The molecule has 1 aliphatic rings. The van der Waals surface area contributed by atoms with Gasteiger partial charge in [0, 0.05) is 24.0 Å². The minimum absolute atomic E-state index is 0.0276. The minimum atomic E-state index is -0.683. The number of ether oxygens (including phenoxy) is 1. The van der Waals surface area contributed by atoms with Crippen molar-refractivity contribution in [1.29, 1.82) is 0 Å². The Balaban J connectivity index is 2.20. The zero-order chi connectivity index (χ0) is 21.3. The van der Waals surface area contributed by atoms with Crippen molar-refractivity contribution in [3.63, 3.8) is 0 Å². The molecular formula is C22H20O7. The van der Waals surface area contributed by atoms with Crippen LogP contribution in [0.25, 0.3) is 0 Å². The molecule has 0 saturated heterocycles. The molecule has 2 N–H and O–H groups in total. The van der Waals surface area contributed by atoms with Gasteiger partial charge in [0.25, 0.3) is 0 Å². The summed E-state index contributed by atoms with van der Waals surface area (Å²) >= 11 is 0. The van der Waals surface area contributed by atoms with E-state index < -0.39 is 23.3 Å². The zero-order valence-corrected chi connectivity index (χ0v) is 16.1. The van der Waals surface area contributed by atoms with E-state index in [0.29, 0.717) is 12.0 Å². The molecule has 0 fully saturated rings. The van der Waals surface area contributed by atoms with Crippen LogP contribution in [0.5, 0.6) is 11.5 Å². The molecule has 2 aromatic rings. The molecule has 1 aliphatic carbocycles. The van der Waals surface area contributed by atoms with Crippen LogP contribution in [0, 0.1) is 0 Å². The van der Waals surface area contributed by atoms with Gasteiger partial charge >= 0.3 is 5.97 Å². The number of carbonyl (C=O) groups is 4. The molecule has 0 spiro atoms. The summed E-state index contributed by atoms with van der Waals surface area (Å²) in [6.45, 7) is 1.71. The van der Waals surface area contributed by atoms with E-state index in [9.17, 15) is 29.4 Å². The number of rotatable bonds is 6. The van der Waals surface area contributed by atoms with Crippen LogP contribution >= 0.6 is 0 Å². The first kappa shape index (κ1) is 20.3. The minimum Gasteiger partial charge on any atom is -0.507 e. The van der Waals surface area contributed by atoms with Gasteiger partial charge in [-0.05, 0) is 29.7 Å². The molecule has 3 rings (SSSR count). The van der Waals surface area contributed by atoms with Crippen LogP contribution in [0.2, 0.25) is 0 Å². The zero-order valence-electron chi connectivity index (χ0n) is 16.1. The maximum absolute atomic E-state index is 13.0. The second kappa shape index (κ2) is 7.87. The second-order valence-electron chi connectivity index (χ2n) is 6.79. The van der Waals surface area contributed by atoms with Gasteiger partial charge in [-0.2, -0.15) is 0 Å². The highest BCUT2D eigenvalue weighted by Crippen LogP contribution is 2.40. The number of fused-ring (bicyclic) bond motifs is 2. The lowest BCUT2D eigenvalue weighted by Gasteiger charge is -2.22. The van der Waals surface area contributed by atoms with Crippen LogP contribution in [0.1, 0.15) is 62.7 Å². The third-order valence-corrected chi connectivity index (χ3v) is 5.09. The summed E-state index contributed by atoms with van der Waals surface area (Å²) in [5.41, 5.74) is 0.154. The van der Waals surface area contributed by atoms with Crippen molar-refractivity contribution in [3.05, 3.63) is 57.6 Å². The van der Waals surface area contributed by atoms with E-state index in [0.717, 1.165) is 0 Å². The highest BCUT2D eigenvalue weighted by molar-refractivity contribution is 6.30. The lowest BCUT2D eigenvalue weighted by Crippen LogP contribution is -2.23. The molecule has 0 unspecified atom stereocenters. The van der Waals surface area contributed by atoms with E-state index in [4.69, 9.17) is 0 Å². The molecule has 7 heteroatoms. The predicted molar refractivity (Wildman–Crippen MR) is 102 cm³/mol. The van der Waals surface area contributed by atoms with Gasteiger partial charge in [-0.25, -0.2) is 0 Å². The Kier molecular flexibility index (Phi) is 5.50.